The summed E-state index contributed by atoms with van der Waals surface area (Å²) in [6.07, 6.45) is 2.23. The van der Waals surface area contributed by atoms with Gasteiger partial charge in [0.05, 0.1) is 12.2 Å². The number of carbonyl (C=O) groups is 1. The molecule has 18 heavy (non-hydrogen) atoms. The molecule has 0 aliphatic carbocycles. The van der Waals surface area contributed by atoms with Crippen LogP contribution in [0.1, 0.15) is 23.2 Å². The number of ether oxygens (including phenoxy) is 1. The number of piperidine rings is 1. The Morgan fingerprint density at radius 2 is 2.17 bits per heavy atom. The molecular weight excluding hydrogens is 296 g/mol. The quantitative estimate of drug-likeness (QED) is 0.893. The molecule has 0 bridgehead atoms. The van der Waals surface area contributed by atoms with E-state index in [1.807, 2.05) is 6.07 Å². The Hall–Kier alpha value is -1.07. The number of primary amides is 1. The van der Waals surface area contributed by atoms with Crippen LogP contribution in [0.4, 0.5) is 0 Å². The Balaban J connectivity index is 2.01. The highest BCUT2D eigenvalue weighted by Crippen LogP contribution is 2.24. The van der Waals surface area contributed by atoms with E-state index in [4.69, 9.17) is 10.5 Å². The summed E-state index contributed by atoms with van der Waals surface area (Å²) in [5.74, 6) is 0.663. The average molecular weight is 313 g/mol. The van der Waals surface area contributed by atoms with Crippen molar-refractivity contribution in [1.82, 2.24) is 5.32 Å². The van der Waals surface area contributed by atoms with E-state index in [-0.39, 0.29) is 0 Å². The van der Waals surface area contributed by atoms with E-state index in [9.17, 15) is 4.79 Å². The zero-order valence-corrected chi connectivity index (χ0v) is 11.7. The fourth-order valence-electron chi connectivity index (χ4n) is 2.08. The summed E-state index contributed by atoms with van der Waals surface area (Å²) < 4.78 is 6.57. The van der Waals surface area contributed by atoms with Gasteiger partial charge in [0.25, 0.3) is 5.91 Å². The summed E-state index contributed by atoms with van der Waals surface area (Å²) in [7, 11) is 0. The van der Waals surface area contributed by atoms with Crippen molar-refractivity contribution in [2.75, 3.05) is 19.7 Å². The SMILES string of the molecule is NC(=O)c1cc(Br)ccc1OCC1CCNCC1. The lowest BCUT2D eigenvalue weighted by Gasteiger charge is -2.23. The van der Waals surface area contributed by atoms with Gasteiger partial charge in [-0.1, -0.05) is 15.9 Å². The number of nitrogens with one attached hydrogen (secondary N) is 1. The first-order chi connectivity index (χ1) is 8.66. The van der Waals surface area contributed by atoms with Crippen LogP contribution in [0.3, 0.4) is 0 Å². The van der Waals surface area contributed by atoms with Crippen molar-refractivity contribution < 1.29 is 9.53 Å². The Morgan fingerprint density at radius 3 is 2.83 bits per heavy atom. The molecule has 0 saturated carbocycles. The van der Waals surface area contributed by atoms with Crippen LogP contribution in [-0.4, -0.2) is 25.6 Å². The molecule has 0 radical (unpaired) electrons. The van der Waals surface area contributed by atoms with Crippen LogP contribution in [0.15, 0.2) is 22.7 Å². The maximum absolute atomic E-state index is 11.3. The van der Waals surface area contributed by atoms with Crippen LogP contribution in [0.5, 0.6) is 5.75 Å². The van der Waals surface area contributed by atoms with Gasteiger partial charge in [0.1, 0.15) is 5.75 Å². The van der Waals surface area contributed by atoms with Crippen molar-refractivity contribution >= 4 is 21.8 Å². The van der Waals surface area contributed by atoms with Crippen LogP contribution in [0, 0.1) is 5.92 Å². The standard InChI is InChI=1S/C13H17BrN2O2/c14-10-1-2-12(11(7-10)13(15)17)18-8-9-3-5-16-6-4-9/h1-2,7,9,16H,3-6,8H2,(H2,15,17). The summed E-state index contributed by atoms with van der Waals surface area (Å²) in [4.78, 5) is 11.3. The molecule has 1 aromatic rings. The number of amides is 1. The summed E-state index contributed by atoms with van der Waals surface area (Å²) in [5.41, 5.74) is 5.77. The lowest BCUT2D eigenvalue weighted by Crippen LogP contribution is -2.30. The van der Waals surface area contributed by atoms with Gasteiger partial charge in [0, 0.05) is 4.47 Å². The first-order valence-corrected chi connectivity index (χ1v) is 6.89. The van der Waals surface area contributed by atoms with E-state index >= 15 is 0 Å². The fourth-order valence-corrected chi connectivity index (χ4v) is 2.44. The predicted molar refractivity (Wildman–Crippen MR) is 73.7 cm³/mol. The molecule has 1 aliphatic rings. The Morgan fingerprint density at radius 1 is 1.44 bits per heavy atom. The molecule has 0 unspecified atom stereocenters. The minimum atomic E-state index is -0.461. The summed E-state index contributed by atoms with van der Waals surface area (Å²) in [6, 6.07) is 5.33. The first kappa shape index (κ1) is 13.4. The van der Waals surface area contributed by atoms with E-state index in [0.29, 0.717) is 23.8 Å². The van der Waals surface area contributed by atoms with Crippen molar-refractivity contribution in [2.45, 2.75) is 12.8 Å². The van der Waals surface area contributed by atoms with Gasteiger partial charge in [0.2, 0.25) is 0 Å². The second-order valence-electron chi connectivity index (χ2n) is 4.51. The second kappa shape index (κ2) is 6.20. The van der Waals surface area contributed by atoms with Gasteiger partial charge < -0.3 is 15.8 Å². The maximum Gasteiger partial charge on any atom is 0.252 e. The number of hydrogen-bond acceptors (Lipinski definition) is 3. The zero-order valence-electron chi connectivity index (χ0n) is 10.1. The van der Waals surface area contributed by atoms with Crippen molar-refractivity contribution in [3.05, 3.63) is 28.2 Å². The maximum atomic E-state index is 11.3. The van der Waals surface area contributed by atoms with E-state index in [1.54, 1.807) is 12.1 Å². The van der Waals surface area contributed by atoms with Crippen molar-refractivity contribution in [3.63, 3.8) is 0 Å². The molecule has 1 aromatic carbocycles. The molecule has 5 heteroatoms. The number of nitrogens with two attached hydrogens (primary N) is 1. The lowest BCUT2D eigenvalue weighted by molar-refractivity contribution is 0.0994. The van der Waals surface area contributed by atoms with Gasteiger partial charge >= 0.3 is 0 Å². The van der Waals surface area contributed by atoms with Crippen LogP contribution in [-0.2, 0) is 0 Å². The Bertz CT molecular complexity index is 431. The van der Waals surface area contributed by atoms with Gasteiger partial charge in [-0.05, 0) is 50.0 Å². The third-order valence-electron chi connectivity index (χ3n) is 3.14. The molecule has 98 valence electrons. The first-order valence-electron chi connectivity index (χ1n) is 6.09. The van der Waals surface area contributed by atoms with Gasteiger partial charge in [0.15, 0.2) is 0 Å². The largest absolute Gasteiger partial charge is 0.492 e. The molecule has 1 heterocycles. The van der Waals surface area contributed by atoms with Crippen LogP contribution < -0.4 is 15.8 Å². The average Bonchev–Trinajstić information content (AvgIpc) is 2.38. The molecule has 1 amide bonds. The van der Waals surface area contributed by atoms with E-state index < -0.39 is 5.91 Å². The highest BCUT2D eigenvalue weighted by molar-refractivity contribution is 9.10. The lowest BCUT2D eigenvalue weighted by atomic mass is 9.99. The number of benzene rings is 1. The normalized spacial score (nSPS) is 16.5. The summed E-state index contributed by atoms with van der Waals surface area (Å²) >= 11 is 3.32. The third kappa shape index (κ3) is 3.46. The number of carbonyl (C=O) groups excluding carboxylic acids is 1. The zero-order chi connectivity index (χ0) is 13.0. The van der Waals surface area contributed by atoms with Crippen molar-refractivity contribution in [3.8, 4) is 5.75 Å². The van der Waals surface area contributed by atoms with Crippen LogP contribution in [0.2, 0.25) is 0 Å². The van der Waals surface area contributed by atoms with Crippen LogP contribution >= 0.6 is 15.9 Å². The molecule has 0 atom stereocenters. The van der Waals surface area contributed by atoms with Crippen molar-refractivity contribution in [1.29, 1.82) is 0 Å². The highest BCUT2D eigenvalue weighted by atomic mass is 79.9. The second-order valence-corrected chi connectivity index (χ2v) is 5.42. The van der Waals surface area contributed by atoms with Crippen molar-refractivity contribution in [2.24, 2.45) is 11.7 Å². The minimum Gasteiger partial charge on any atom is -0.492 e. The highest BCUT2D eigenvalue weighted by Gasteiger charge is 2.16. The molecule has 0 spiro atoms. The molecule has 2 rings (SSSR count). The topological polar surface area (TPSA) is 64.4 Å². The number of halogens is 1. The predicted octanol–water partition coefficient (Wildman–Crippen LogP) is 1.93. The number of rotatable bonds is 4. The molecular formula is C13H17BrN2O2. The van der Waals surface area contributed by atoms with Gasteiger partial charge in [-0.25, -0.2) is 0 Å². The Kier molecular flexibility index (Phi) is 4.60. The van der Waals surface area contributed by atoms with Gasteiger partial charge in [-0.3, -0.25) is 4.79 Å². The van der Waals surface area contributed by atoms with E-state index in [1.165, 1.54) is 0 Å². The van der Waals surface area contributed by atoms with Gasteiger partial charge in [-0.15, -0.1) is 0 Å². The molecule has 1 saturated heterocycles. The van der Waals surface area contributed by atoms with E-state index in [2.05, 4.69) is 21.2 Å². The minimum absolute atomic E-state index is 0.429. The van der Waals surface area contributed by atoms with Gasteiger partial charge in [-0.2, -0.15) is 0 Å². The monoisotopic (exact) mass is 312 g/mol. The fraction of sp³-hybridized carbons (Fsp3) is 0.462. The molecule has 1 aliphatic heterocycles. The van der Waals surface area contributed by atoms with E-state index in [0.717, 1.165) is 30.4 Å². The van der Waals surface area contributed by atoms with Crippen LogP contribution in [0.25, 0.3) is 0 Å². The molecule has 0 aromatic heterocycles. The summed E-state index contributed by atoms with van der Waals surface area (Å²) in [6.45, 7) is 2.72. The smallest absolute Gasteiger partial charge is 0.252 e. The molecule has 4 nitrogen and oxygen atoms in total. The molecule has 3 N–H and O–H groups in total. The Labute approximate surface area is 115 Å². The molecule has 1 fully saturated rings. The third-order valence-corrected chi connectivity index (χ3v) is 3.63. The summed E-state index contributed by atoms with van der Waals surface area (Å²) in [5, 5.41) is 3.31. The number of hydrogen-bond donors (Lipinski definition) is 2.